The number of rotatable bonds is 2. The maximum absolute atomic E-state index is 11.3. The molecule has 2 aromatic heterocycles. The molecule has 3 rings (SSSR count). The molecule has 0 saturated heterocycles. The van der Waals surface area contributed by atoms with E-state index in [1.165, 1.54) is 18.1 Å². The van der Waals surface area contributed by atoms with Gasteiger partial charge in [-0.15, -0.1) is 5.10 Å². The number of methoxy groups -OCH3 is 1. The van der Waals surface area contributed by atoms with Crippen molar-refractivity contribution in [3.63, 3.8) is 0 Å². The van der Waals surface area contributed by atoms with Crippen LogP contribution in [0.2, 0.25) is 0 Å². The van der Waals surface area contributed by atoms with Crippen molar-refractivity contribution >= 4 is 16.9 Å². The second-order valence-corrected chi connectivity index (χ2v) is 3.65. The molecule has 0 spiro atoms. The molecule has 0 saturated carbocycles. The lowest BCUT2D eigenvalue weighted by Gasteiger charge is -1.98. The molecular formula is C11H9N5O2. The van der Waals surface area contributed by atoms with Crippen molar-refractivity contribution in [2.75, 3.05) is 7.11 Å². The molecule has 0 aliphatic carbocycles. The second kappa shape index (κ2) is 3.95. The van der Waals surface area contributed by atoms with Gasteiger partial charge < -0.3 is 4.74 Å². The van der Waals surface area contributed by atoms with Crippen LogP contribution in [-0.2, 0) is 4.74 Å². The minimum Gasteiger partial charge on any atom is -0.464 e. The Morgan fingerprint density at radius 1 is 1.39 bits per heavy atom. The molecule has 0 radical (unpaired) electrons. The van der Waals surface area contributed by atoms with Crippen molar-refractivity contribution in [2.24, 2.45) is 0 Å². The Hall–Kier alpha value is -2.70. The predicted octanol–water partition coefficient (Wildman–Crippen LogP) is 0.930. The maximum atomic E-state index is 11.3. The van der Waals surface area contributed by atoms with Gasteiger partial charge in [-0.05, 0) is 18.2 Å². The number of H-pyrrole nitrogens is 1. The lowest BCUT2D eigenvalue weighted by Crippen LogP contribution is -2.04. The Balaban J connectivity index is 2.03. The third kappa shape index (κ3) is 1.61. The highest BCUT2D eigenvalue weighted by Crippen LogP contribution is 2.15. The normalized spacial score (nSPS) is 10.7. The summed E-state index contributed by atoms with van der Waals surface area (Å²) in [6.07, 6.45) is 3.08. The molecule has 1 N–H and O–H groups in total. The van der Waals surface area contributed by atoms with Crippen LogP contribution in [0.15, 0.2) is 30.6 Å². The first kappa shape index (κ1) is 10.5. The van der Waals surface area contributed by atoms with E-state index in [-0.39, 0.29) is 5.69 Å². The number of hydrogen-bond acceptors (Lipinski definition) is 5. The topological polar surface area (TPSA) is 85.7 Å². The molecule has 0 amide bonds. The van der Waals surface area contributed by atoms with Crippen molar-refractivity contribution in [1.82, 2.24) is 25.2 Å². The van der Waals surface area contributed by atoms with Crippen molar-refractivity contribution in [3.05, 3.63) is 36.3 Å². The molecule has 0 aliphatic rings. The van der Waals surface area contributed by atoms with Crippen LogP contribution in [-0.4, -0.2) is 38.3 Å². The third-order valence-electron chi connectivity index (χ3n) is 2.54. The van der Waals surface area contributed by atoms with Gasteiger partial charge in [0.25, 0.3) is 0 Å². The summed E-state index contributed by atoms with van der Waals surface area (Å²) < 4.78 is 4.57. The van der Waals surface area contributed by atoms with Crippen molar-refractivity contribution in [3.8, 4) is 5.69 Å². The number of esters is 1. The number of nitrogens with zero attached hydrogens (tertiary/aromatic N) is 4. The van der Waals surface area contributed by atoms with Crippen LogP contribution in [0.1, 0.15) is 10.5 Å². The number of aromatic nitrogens is 5. The molecule has 90 valence electrons. The molecule has 0 fully saturated rings. The average molecular weight is 243 g/mol. The lowest BCUT2D eigenvalue weighted by molar-refractivity contribution is 0.0593. The minimum atomic E-state index is -0.509. The van der Waals surface area contributed by atoms with Crippen molar-refractivity contribution in [2.45, 2.75) is 0 Å². The highest BCUT2D eigenvalue weighted by atomic mass is 16.5. The second-order valence-electron chi connectivity index (χ2n) is 3.65. The molecule has 0 bridgehead atoms. The number of ether oxygens (including phenoxy) is 1. The summed E-state index contributed by atoms with van der Waals surface area (Å²) in [5.41, 5.74) is 1.85. The Morgan fingerprint density at radius 3 is 3.11 bits per heavy atom. The number of nitrogens with one attached hydrogen (secondary N) is 1. The van der Waals surface area contributed by atoms with Crippen LogP contribution in [0.3, 0.4) is 0 Å². The van der Waals surface area contributed by atoms with Crippen molar-refractivity contribution in [1.29, 1.82) is 0 Å². The number of carbonyl (C=O) groups is 1. The van der Waals surface area contributed by atoms with E-state index >= 15 is 0 Å². The Morgan fingerprint density at radius 2 is 2.28 bits per heavy atom. The Labute approximate surface area is 101 Å². The van der Waals surface area contributed by atoms with E-state index in [9.17, 15) is 4.79 Å². The molecule has 7 heteroatoms. The summed E-state index contributed by atoms with van der Waals surface area (Å²) in [4.78, 5) is 12.6. The summed E-state index contributed by atoms with van der Waals surface area (Å²) in [6, 6.07) is 5.58. The number of benzene rings is 1. The summed E-state index contributed by atoms with van der Waals surface area (Å²) in [5, 5.41) is 15.8. The van der Waals surface area contributed by atoms with Gasteiger partial charge in [0.15, 0.2) is 5.69 Å². The fraction of sp³-hybridized carbons (Fsp3) is 0.0909. The third-order valence-corrected chi connectivity index (χ3v) is 2.54. The molecule has 18 heavy (non-hydrogen) atoms. The number of hydrogen-bond donors (Lipinski definition) is 1. The molecule has 0 aliphatic heterocycles. The zero-order valence-electron chi connectivity index (χ0n) is 9.49. The molecule has 7 nitrogen and oxygen atoms in total. The SMILES string of the molecule is COC(=O)c1cnn(-c2ccc3[nH]ncc3c2)n1. The van der Waals surface area contributed by atoms with E-state index in [4.69, 9.17) is 0 Å². The van der Waals surface area contributed by atoms with E-state index in [2.05, 4.69) is 25.1 Å². The van der Waals surface area contributed by atoms with Crippen LogP contribution in [0, 0.1) is 0 Å². The first-order valence-corrected chi connectivity index (χ1v) is 5.22. The first-order valence-electron chi connectivity index (χ1n) is 5.22. The van der Waals surface area contributed by atoms with Crippen LogP contribution in [0.4, 0.5) is 0 Å². The monoisotopic (exact) mass is 243 g/mol. The number of aromatic amines is 1. The number of fused-ring (bicyclic) bond motifs is 1. The van der Waals surface area contributed by atoms with Crippen LogP contribution < -0.4 is 0 Å². The van der Waals surface area contributed by atoms with Gasteiger partial charge in [0, 0.05) is 5.39 Å². The molecule has 2 heterocycles. The van der Waals surface area contributed by atoms with E-state index in [0.717, 1.165) is 16.6 Å². The van der Waals surface area contributed by atoms with Crippen LogP contribution in [0.5, 0.6) is 0 Å². The van der Waals surface area contributed by atoms with Gasteiger partial charge >= 0.3 is 5.97 Å². The molecule has 0 unspecified atom stereocenters. The summed E-state index contributed by atoms with van der Waals surface area (Å²) >= 11 is 0. The Kier molecular flexibility index (Phi) is 2.30. The highest BCUT2D eigenvalue weighted by molar-refractivity contribution is 5.86. The molecule has 0 atom stereocenters. The highest BCUT2D eigenvalue weighted by Gasteiger charge is 2.11. The van der Waals surface area contributed by atoms with E-state index < -0.39 is 5.97 Å². The van der Waals surface area contributed by atoms with Crippen LogP contribution >= 0.6 is 0 Å². The molecular weight excluding hydrogens is 234 g/mol. The van der Waals surface area contributed by atoms with Gasteiger partial charge in [0.05, 0.1) is 30.7 Å². The fourth-order valence-corrected chi connectivity index (χ4v) is 1.64. The van der Waals surface area contributed by atoms with Crippen LogP contribution in [0.25, 0.3) is 16.6 Å². The fourth-order valence-electron chi connectivity index (χ4n) is 1.64. The Bertz CT molecular complexity index is 715. The predicted molar refractivity (Wildman–Crippen MR) is 62.4 cm³/mol. The quantitative estimate of drug-likeness (QED) is 0.677. The minimum absolute atomic E-state index is 0.171. The van der Waals surface area contributed by atoms with E-state index in [1.54, 1.807) is 6.20 Å². The van der Waals surface area contributed by atoms with Gasteiger partial charge in [0.2, 0.25) is 0 Å². The smallest absolute Gasteiger partial charge is 0.360 e. The van der Waals surface area contributed by atoms with Gasteiger partial charge in [0.1, 0.15) is 0 Å². The zero-order valence-corrected chi connectivity index (χ0v) is 9.49. The molecule has 3 aromatic rings. The number of carbonyl (C=O) groups excluding carboxylic acids is 1. The van der Waals surface area contributed by atoms with Gasteiger partial charge in [-0.1, -0.05) is 0 Å². The van der Waals surface area contributed by atoms with E-state index in [1.807, 2.05) is 18.2 Å². The standard InChI is InChI=1S/C11H9N5O2/c1-18-11(17)10-6-13-16(15-10)8-2-3-9-7(4-8)5-12-14-9/h2-6H,1H3,(H,12,14). The summed E-state index contributed by atoms with van der Waals surface area (Å²) in [6.45, 7) is 0. The van der Waals surface area contributed by atoms with E-state index in [0.29, 0.717) is 0 Å². The zero-order chi connectivity index (χ0) is 12.5. The van der Waals surface area contributed by atoms with Gasteiger partial charge in [-0.2, -0.15) is 15.0 Å². The van der Waals surface area contributed by atoms with Gasteiger partial charge in [-0.25, -0.2) is 4.79 Å². The molecule has 1 aromatic carbocycles. The lowest BCUT2D eigenvalue weighted by atomic mass is 10.2. The van der Waals surface area contributed by atoms with Crippen molar-refractivity contribution < 1.29 is 9.53 Å². The largest absolute Gasteiger partial charge is 0.464 e. The average Bonchev–Trinajstić information content (AvgIpc) is 3.05. The maximum Gasteiger partial charge on any atom is 0.360 e. The van der Waals surface area contributed by atoms with Gasteiger partial charge in [-0.3, -0.25) is 5.10 Å². The first-order chi connectivity index (χ1) is 8.78. The summed E-state index contributed by atoms with van der Waals surface area (Å²) in [5.74, 6) is -0.509. The summed E-state index contributed by atoms with van der Waals surface area (Å²) in [7, 11) is 1.30.